The Balaban J connectivity index is 2.87. The Labute approximate surface area is 87.2 Å². The van der Waals surface area contributed by atoms with E-state index in [1.807, 2.05) is 29.8 Å². The zero-order chi connectivity index (χ0) is 10.3. The molecule has 0 radical (unpaired) electrons. The van der Waals surface area contributed by atoms with Gasteiger partial charge in [-0.15, -0.1) is 0 Å². The van der Waals surface area contributed by atoms with Gasteiger partial charge in [0.25, 0.3) is 0 Å². The van der Waals surface area contributed by atoms with E-state index < -0.39 is 0 Å². The summed E-state index contributed by atoms with van der Waals surface area (Å²) < 4.78 is 2.00. The van der Waals surface area contributed by atoms with E-state index >= 15 is 0 Å². The molecule has 1 aromatic heterocycles. The number of halogens is 1. The summed E-state index contributed by atoms with van der Waals surface area (Å²) in [6, 6.07) is 5.69. The molecular formula is C10H12ClN3. The van der Waals surface area contributed by atoms with Crippen LogP contribution in [0.1, 0.15) is 5.69 Å². The molecule has 2 rings (SSSR count). The van der Waals surface area contributed by atoms with E-state index in [1.165, 1.54) is 0 Å². The van der Waals surface area contributed by atoms with Crippen molar-refractivity contribution in [3.05, 3.63) is 28.9 Å². The molecule has 3 nitrogen and oxygen atoms in total. The minimum Gasteiger partial charge on any atom is -0.399 e. The van der Waals surface area contributed by atoms with E-state index in [0.29, 0.717) is 17.3 Å². The molecular weight excluding hydrogens is 198 g/mol. The highest BCUT2D eigenvalue weighted by molar-refractivity contribution is 6.36. The van der Waals surface area contributed by atoms with Crippen LogP contribution in [0.5, 0.6) is 0 Å². The highest BCUT2D eigenvalue weighted by Gasteiger charge is 2.11. The summed E-state index contributed by atoms with van der Waals surface area (Å²) in [4.78, 5) is 0. The number of benzene rings is 1. The number of hydrogen-bond donors (Lipinski definition) is 2. The van der Waals surface area contributed by atoms with Gasteiger partial charge >= 0.3 is 0 Å². The molecule has 1 heterocycles. The van der Waals surface area contributed by atoms with Gasteiger partial charge in [-0.2, -0.15) is 0 Å². The topological polar surface area (TPSA) is 57.0 Å². The number of nitrogen functional groups attached to an aromatic ring is 1. The predicted molar refractivity (Wildman–Crippen MR) is 60.2 cm³/mol. The molecule has 74 valence electrons. The predicted octanol–water partition coefficient (Wildman–Crippen LogP) is 1.87. The van der Waals surface area contributed by atoms with Gasteiger partial charge in [0.2, 0.25) is 0 Å². The smallest absolute Gasteiger partial charge is 0.0707 e. The lowest BCUT2D eigenvalue weighted by Crippen LogP contribution is -2.03. The van der Waals surface area contributed by atoms with Crippen molar-refractivity contribution in [2.24, 2.45) is 12.8 Å². The van der Waals surface area contributed by atoms with E-state index in [1.54, 1.807) is 0 Å². The fraction of sp³-hybridized carbons (Fsp3) is 0.200. The Hall–Kier alpha value is -1.19. The van der Waals surface area contributed by atoms with Crippen LogP contribution in [0.4, 0.5) is 5.69 Å². The zero-order valence-electron chi connectivity index (χ0n) is 7.92. The monoisotopic (exact) mass is 209 g/mol. The van der Waals surface area contributed by atoms with Gasteiger partial charge in [0, 0.05) is 30.2 Å². The molecule has 4 heteroatoms. The zero-order valence-corrected chi connectivity index (χ0v) is 8.67. The summed E-state index contributed by atoms with van der Waals surface area (Å²) in [5, 5.41) is 1.67. The van der Waals surface area contributed by atoms with Gasteiger partial charge in [-0.3, -0.25) is 0 Å². The Morgan fingerprint density at radius 2 is 2.14 bits per heavy atom. The van der Waals surface area contributed by atoms with E-state index in [2.05, 4.69) is 0 Å². The summed E-state index contributed by atoms with van der Waals surface area (Å²) in [5.74, 6) is 0. The first-order valence-electron chi connectivity index (χ1n) is 4.37. The van der Waals surface area contributed by atoms with Gasteiger partial charge in [0.05, 0.1) is 10.7 Å². The largest absolute Gasteiger partial charge is 0.399 e. The second-order valence-corrected chi connectivity index (χ2v) is 3.68. The van der Waals surface area contributed by atoms with Crippen molar-refractivity contribution < 1.29 is 0 Å². The van der Waals surface area contributed by atoms with Crippen molar-refractivity contribution in [1.82, 2.24) is 4.57 Å². The molecule has 0 aliphatic rings. The normalized spacial score (nSPS) is 11.1. The fourth-order valence-electron chi connectivity index (χ4n) is 1.70. The molecule has 0 aliphatic heterocycles. The summed E-state index contributed by atoms with van der Waals surface area (Å²) >= 11 is 6.18. The molecule has 0 amide bonds. The Morgan fingerprint density at radius 3 is 2.79 bits per heavy atom. The minimum atomic E-state index is 0.434. The molecule has 14 heavy (non-hydrogen) atoms. The van der Waals surface area contributed by atoms with E-state index in [0.717, 1.165) is 16.6 Å². The van der Waals surface area contributed by atoms with Crippen LogP contribution in [0.3, 0.4) is 0 Å². The van der Waals surface area contributed by atoms with Crippen LogP contribution in [0.2, 0.25) is 5.02 Å². The quantitative estimate of drug-likeness (QED) is 0.705. The summed E-state index contributed by atoms with van der Waals surface area (Å²) in [5.41, 5.74) is 14.0. The molecule has 1 aromatic carbocycles. The lowest BCUT2D eigenvalue weighted by atomic mass is 10.2. The van der Waals surface area contributed by atoms with Crippen molar-refractivity contribution in [3.63, 3.8) is 0 Å². The average molecular weight is 210 g/mol. The highest BCUT2D eigenvalue weighted by atomic mass is 35.5. The molecule has 0 fully saturated rings. The maximum absolute atomic E-state index is 6.18. The van der Waals surface area contributed by atoms with Gasteiger partial charge in [-0.25, -0.2) is 0 Å². The van der Waals surface area contributed by atoms with Crippen LogP contribution < -0.4 is 11.5 Å². The van der Waals surface area contributed by atoms with Crippen molar-refractivity contribution in [2.75, 3.05) is 5.73 Å². The first kappa shape index (κ1) is 9.37. The number of nitrogens with zero attached hydrogens (tertiary/aromatic N) is 1. The van der Waals surface area contributed by atoms with Gasteiger partial charge < -0.3 is 16.0 Å². The summed E-state index contributed by atoms with van der Waals surface area (Å²) in [7, 11) is 1.95. The third-order valence-electron chi connectivity index (χ3n) is 2.47. The molecule has 0 aliphatic carbocycles. The number of anilines is 1. The second kappa shape index (κ2) is 3.19. The molecule has 0 unspecified atom stereocenters. The van der Waals surface area contributed by atoms with Crippen molar-refractivity contribution in [2.45, 2.75) is 6.54 Å². The van der Waals surface area contributed by atoms with Gasteiger partial charge in [0.1, 0.15) is 0 Å². The van der Waals surface area contributed by atoms with Crippen molar-refractivity contribution in [1.29, 1.82) is 0 Å². The fourth-order valence-corrected chi connectivity index (χ4v) is 2.05. The minimum absolute atomic E-state index is 0.434. The third-order valence-corrected chi connectivity index (χ3v) is 2.89. The standard InChI is InChI=1S/C10H12ClN3/c1-14-8-3-2-6(13)4-7(8)10(11)9(14)5-12/h2-4H,5,12-13H2,1H3. The first-order valence-corrected chi connectivity index (χ1v) is 4.75. The molecule has 0 bridgehead atoms. The Kier molecular flexibility index (Phi) is 2.13. The Bertz CT molecular complexity index is 488. The van der Waals surface area contributed by atoms with Crippen LogP contribution >= 0.6 is 11.6 Å². The van der Waals surface area contributed by atoms with Crippen LogP contribution in [0.15, 0.2) is 18.2 Å². The van der Waals surface area contributed by atoms with Crippen molar-refractivity contribution in [3.8, 4) is 0 Å². The Morgan fingerprint density at radius 1 is 1.43 bits per heavy atom. The number of aryl methyl sites for hydroxylation is 1. The number of rotatable bonds is 1. The summed E-state index contributed by atoms with van der Waals surface area (Å²) in [6.07, 6.45) is 0. The van der Waals surface area contributed by atoms with E-state index in [4.69, 9.17) is 23.1 Å². The summed E-state index contributed by atoms with van der Waals surface area (Å²) in [6.45, 7) is 0.434. The van der Waals surface area contributed by atoms with Gasteiger partial charge in [0.15, 0.2) is 0 Å². The molecule has 0 spiro atoms. The first-order chi connectivity index (χ1) is 6.65. The van der Waals surface area contributed by atoms with Crippen LogP contribution in [0.25, 0.3) is 10.9 Å². The van der Waals surface area contributed by atoms with Crippen LogP contribution in [-0.4, -0.2) is 4.57 Å². The molecule has 2 aromatic rings. The number of nitrogens with two attached hydrogens (primary N) is 2. The van der Waals surface area contributed by atoms with Crippen LogP contribution in [-0.2, 0) is 13.6 Å². The van der Waals surface area contributed by atoms with E-state index in [-0.39, 0.29) is 0 Å². The molecule has 4 N–H and O–H groups in total. The number of aromatic nitrogens is 1. The second-order valence-electron chi connectivity index (χ2n) is 3.30. The lowest BCUT2D eigenvalue weighted by molar-refractivity contribution is 0.849. The number of hydrogen-bond acceptors (Lipinski definition) is 2. The highest BCUT2D eigenvalue weighted by Crippen LogP contribution is 2.30. The van der Waals surface area contributed by atoms with Crippen molar-refractivity contribution >= 4 is 28.2 Å². The average Bonchev–Trinajstić information content (AvgIpc) is 2.39. The molecule has 0 saturated heterocycles. The van der Waals surface area contributed by atoms with Crippen LogP contribution in [0, 0.1) is 0 Å². The third kappa shape index (κ3) is 1.17. The van der Waals surface area contributed by atoms with Gasteiger partial charge in [-0.05, 0) is 18.2 Å². The SMILES string of the molecule is Cn1c(CN)c(Cl)c2cc(N)ccc21. The molecule has 0 saturated carbocycles. The lowest BCUT2D eigenvalue weighted by Gasteiger charge is -2.00. The molecule has 0 atom stereocenters. The maximum Gasteiger partial charge on any atom is 0.0707 e. The van der Waals surface area contributed by atoms with E-state index in [9.17, 15) is 0 Å². The number of fused-ring (bicyclic) bond motifs is 1. The maximum atomic E-state index is 6.18. The van der Waals surface area contributed by atoms with Gasteiger partial charge in [-0.1, -0.05) is 11.6 Å².